The fourth-order valence-electron chi connectivity index (χ4n) is 3.67. The van der Waals surface area contributed by atoms with Gasteiger partial charge >= 0.3 is 11.9 Å². The monoisotopic (exact) mass is 514 g/mol. The summed E-state index contributed by atoms with van der Waals surface area (Å²) in [5.41, 5.74) is -1.50. The molecule has 2 aliphatic rings. The summed E-state index contributed by atoms with van der Waals surface area (Å²) in [6.07, 6.45) is 1.41. The number of carbonyl (C=O) groups excluding carboxylic acids is 2. The molecule has 2 heterocycles. The molecule has 0 amide bonds. The third-order valence-electron chi connectivity index (χ3n) is 5.84. The minimum absolute atomic E-state index is 0.00966. The lowest BCUT2D eigenvalue weighted by Crippen LogP contribution is -2.56. The third kappa shape index (κ3) is 6.89. The van der Waals surface area contributed by atoms with Gasteiger partial charge in [0.1, 0.15) is 0 Å². The molecule has 0 N–H and O–H groups in total. The molecule has 3 unspecified atom stereocenters. The van der Waals surface area contributed by atoms with Crippen LogP contribution in [0, 0.1) is 12.8 Å². The molecule has 2 fully saturated rings. The van der Waals surface area contributed by atoms with E-state index in [9.17, 15) is 18.0 Å². The van der Waals surface area contributed by atoms with E-state index in [0.717, 1.165) is 5.56 Å². The predicted octanol–water partition coefficient (Wildman–Crippen LogP) is 1.49. The number of sulfone groups is 1. The highest BCUT2D eigenvalue weighted by Crippen LogP contribution is 2.30. The highest BCUT2D eigenvalue weighted by Gasteiger charge is 2.49. The van der Waals surface area contributed by atoms with E-state index in [0.29, 0.717) is 19.8 Å². The molecule has 10 nitrogen and oxygen atoms in total. The molecule has 0 spiro atoms. The van der Waals surface area contributed by atoms with Gasteiger partial charge in [-0.25, -0.2) is 18.0 Å². The molecule has 35 heavy (non-hydrogen) atoms. The fraction of sp³-hybridized carbons (Fsp3) is 0.583. The summed E-state index contributed by atoms with van der Waals surface area (Å²) < 4.78 is 55.9. The molecule has 3 rings (SSSR count). The van der Waals surface area contributed by atoms with Crippen LogP contribution in [-0.2, 0) is 47.8 Å². The van der Waals surface area contributed by atoms with E-state index in [1.54, 1.807) is 31.2 Å². The quantitative estimate of drug-likeness (QED) is 0.390. The lowest BCUT2D eigenvalue weighted by molar-refractivity contribution is -0.207. The van der Waals surface area contributed by atoms with Crippen molar-refractivity contribution < 1.29 is 46.4 Å². The number of rotatable bonds is 7. The van der Waals surface area contributed by atoms with Crippen LogP contribution >= 0.6 is 0 Å². The molecule has 3 atom stereocenters. The van der Waals surface area contributed by atoms with Gasteiger partial charge in [-0.15, -0.1) is 0 Å². The molecule has 11 heteroatoms. The average molecular weight is 515 g/mol. The molecule has 0 saturated carbocycles. The van der Waals surface area contributed by atoms with E-state index in [2.05, 4.69) is 11.3 Å². The van der Waals surface area contributed by atoms with Crippen molar-refractivity contribution >= 4 is 21.8 Å². The van der Waals surface area contributed by atoms with Gasteiger partial charge in [0, 0.05) is 5.92 Å². The number of ether oxygens (including phenoxy) is 6. The van der Waals surface area contributed by atoms with Crippen LogP contribution < -0.4 is 0 Å². The SMILES string of the molecule is C=CC1(C(=O)OC)COCCO1.COC(=O)C1(C(C)CS(=O)(=O)c2ccc(C)cc2)COCCO1. The van der Waals surface area contributed by atoms with Crippen molar-refractivity contribution in [2.75, 3.05) is 59.6 Å². The first-order valence-electron chi connectivity index (χ1n) is 11.1. The highest BCUT2D eigenvalue weighted by molar-refractivity contribution is 7.91. The van der Waals surface area contributed by atoms with Gasteiger partial charge in [-0.2, -0.15) is 0 Å². The van der Waals surface area contributed by atoms with Crippen molar-refractivity contribution in [3.8, 4) is 0 Å². The number of methoxy groups -OCH3 is 2. The summed E-state index contributed by atoms with van der Waals surface area (Å²) in [6, 6.07) is 6.63. The number of aryl methyl sites for hydroxylation is 1. The summed E-state index contributed by atoms with van der Waals surface area (Å²) >= 11 is 0. The number of benzene rings is 1. The maximum absolute atomic E-state index is 12.6. The molecular formula is C24H34O10S. The standard InChI is InChI=1S/C16H22O6S.C8H12O4/c1-12-4-6-14(7-5-12)23(18,19)10-13(2)16(15(17)20-3)11-21-8-9-22-16;1-3-8(7(9)10-2)6-11-4-5-12-8/h4-7,13H,8-11H2,1-3H3;3H,1,4-6H2,2H3. The first kappa shape index (κ1) is 28.9. The Labute approximate surface area is 206 Å². The van der Waals surface area contributed by atoms with Gasteiger partial charge in [-0.05, 0) is 25.1 Å². The zero-order valence-electron chi connectivity index (χ0n) is 20.6. The van der Waals surface area contributed by atoms with E-state index in [1.807, 2.05) is 6.92 Å². The maximum Gasteiger partial charge on any atom is 0.344 e. The van der Waals surface area contributed by atoms with Crippen LogP contribution in [0.3, 0.4) is 0 Å². The predicted molar refractivity (Wildman–Crippen MR) is 126 cm³/mol. The molecule has 2 saturated heterocycles. The second-order valence-electron chi connectivity index (χ2n) is 8.26. The Balaban J connectivity index is 0.000000303. The maximum atomic E-state index is 12.6. The van der Waals surface area contributed by atoms with Crippen LogP contribution in [0.1, 0.15) is 12.5 Å². The van der Waals surface area contributed by atoms with Crippen LogP contribution in [0.4, 0.5) is 0 Å². The third-order valence-corrected chi connectivity index (χ3v) is 7.77. The van der Waals surface area contributed by atoms with E-state index >= 15 is 0 Å². The zero-order chi connectivity index (χ0) is 26.1. The van der Waals surface area contributed by atoms with E-state index in [1.165, 1.54) is 20.3 Å². The van der Waals surface area contributed by atoms with E-state index < -0.39 is 38.9 Å². The number of hydrogen-bond acceptors (Lipinski definition) is 10. The van der Waals surface area contributed by atoms with Crippen LogP contribution in [0.2, 0.25) is 0 Å². The van der Waals surface area contributed by atoms with Gasteiger partial charge in [0.25, 0.3) is 0 Å². The number of carbonyl (C=O) groups is 2. The van der Waals surface area contributed by atoms with Crippen LogP contribution in [-0.4, -0.2) is 91.2 Å². The first-order chi connectivity index (χ1) is 16.6. The summed E-state index contributed by atoms with van der Waals surface area (Å²) in [5, 5.41) is 0. The van der Waals surface area contributed by atoms with Crippen molar-refractivity contribution in [3.05, 3.63) is 42.5 Å². The fourth-order valence-corrected chi connectivity index (χ4v) is 5.34. The number of esters is 2. The largest absolute Gasteiger partial charge is 0.467 e. The van der Waals surface area contributed by atoms with Gasteiger partial charge < -0.3 is 28.4 Å². The van der Waals surface area contributed by atoms with Gasteiger partial charge in [-0.1, -0.05) is 31.2 Å². The second kappa shape index (κ2) is 12.6. The second-order valence-corrected chi connectivity index (χ2v) is 10.3. The van der Waals surface area contributed by atoms with E-state index in [-0.39, 0.29) is 30.5 Å². The summed E-state index contributed by atoms with van der Waals surface area (Å²) in [5.74, 6) is -1.91. The highest BCUT2D eigenvalue weighted by atomic mass is 32.2. The van der Waals surface area contributed by atoms with Crippen molar-refractivity contribution in [2.24, 2.45) is 5.92 Å². The Kier molecular flexibility index (Phi) is 10.4. The normalized spacial score (nSPS) is 25.4. The molecule has 0 aromatic heterocycles. The smallest absolute Gasteiger partial charge is 0.344 e. The van der Waals surface area contributed by atoms with E-state index in [4.69, 9.17) is 23.7 Å². The number of hydrogen-bond donors (Lipinski definition) is 0. The van der Waals surface area contributed by atoms with Crippen LogP contribution in [0.5, 0.6) is 0 Å². The molecule has 0 bridgehead atoms. The molecule has 196 valence electrons. The Hall–Kier alpha value is -2.31. The van der Waals surface area contributed by atoms with Crippen molar-refractivity contribution in [3.63, 3.8) is 0 Å². The summed E-state index contributed by atoms with van der Waals surface area (Å²) in [7, 11) is -0.985. The van der Waals surface area contributed by atoms with Gasteiger partial charge in [0.05, 0.1) is 64.5 Å². The van der Waals surface area contributed by atoms with Gasteiger partial charge in [-0.3, -0.25) is 0 Å². The topological polar surface area (TPSA) is 124 Å². The van der Waals surface area contributed by atoms with Crippen LogP contribution in [0.15, 0.2) is 41.8 Å². The van der Waals surface area contributed by atoms with Crippen molar-refractivity contribution in [1.82, 2.24) is 0 Å². The molecule has 2 aliphatic heterocycles. The minimum Gasteiger partial charge on any atom is -0.467 e. The molecule has 1 aromatic rings. The van der Waals surface area contributed by atoms with Crippen molar-refractivity contribution in [2.45, 2.75) is 29.9 Å². The molecule has 0 radical (unpaired) electrons. The first-order valence-corrected chi connectivity index (χ1v) is 12.8. The molecule has 1 aromatic carbocycles. The lowest BCUT2D eigenvalue weighted by Gasteiger charge is -2.38. The molecular weight excluding hydrogens is 480 g/mol. The summed E-state index contributed by atoms with van der Waals surface area (Å²) in [4.78, 5) is 23.6. The minimum atomic E-state index is -3.55. The van der Waals surface area contributed by atoms with Gasteiger partial charge in [0.2, 0.25) is 5.60 Å². The lowest BCUT2D eigenvalue weighted by atomic mass is 9.90. The average Bonchev–Trinajstić information content (AvgIpc) is 2.88. The Bertz CT molecular complexity index is 959. The Morgan fingerprint density at radius 3 is 2.03 bits per heavy atom. The Morgan fingerprint density at radius 2 is 1.57 bits per heavy atom. The van der Waals surface area contributed by atoms with Gasteiger partial charge in [0.15, 0.2) is 15.4 Å². The molecule has 0 aliphatic carbocycles. The van der Waals surface area contributed by atoms with Crippen molar-refractivity contribution in [1.29, 1.82) is 0 Å². The summed E-state index contributed by atoms with van der Waals surface area (Å²) in [6.45, 7) is 8.74. The zero-order valence-corrected chi connectivity index (χ0v) is 21.4. The van der Waals surface area contributed by atoms with Crippen LogP contribution in [0.25, 0.3) is 0 Å². The Morgan fingerprint density at radius 1 is 1.00 bits per heavy atom.